The van der Waals surface area contributed by atoms with Crippen molar-refractivity contribution in [1.82, 2.24) is 5.32 Å². The fourth-order valence-corrected chi connectivity index (χ4v) is 3.10. The van der Waals surface area contributed by atoms with Crippen LogP contribution in [0.3, 0.4) is 0 Å². The van der Waals surface area contributed by atoms with Gasteiger partial charge in [0.25, 0.3) is 0 Å². The van der Waals surface area contributed by atoms with Crippen LogP contribution in [0.1, 0.15) is 11.3 Å². The third kappa shape index (κ3) is 3.15. The summed E-state index contributed by atoms with van der Waals surface area (Å²) in [5.74, 6) is 0. The molecular formula is C12H15NOS2. The van der Waals surface area contributed by atoms with E-state index in [-0.39, 0.29) is 6.61 Å². The van der Waals surface area contributed by atoms with Gasteiger partial charge in [0, 0.05) is 28.5 Å². The maximum absolute atomic E-state index is 8.66. The number of hydrogen-bond acceptors (Lipinski definition) is 4. The second kappa shape index (κ2) is 6.15. The molecule has 0 saturated heterocycles. The minimum atomic E-state index is 0.262. The van der Waals surface area contributed by atoms with Crippen molar-refractivity contribution >= 4 is 22.7 Å². The Hall–Kier alpha value is -0.680. The van der Waals surface area contributed by atoms with E-state index in [0.29, 0.717) is 0 Å². The van der Waals surface area contributed by atoms with Crippen LogP contribution in [0.5, 0.6) is 0 Å². The van der Waals surface area contributed by atoms with Crippen LogP contribution in [0.4, 0.5) is 0 Å². The molecule has 2 heterocycles. The monoisotopic (exact) mass is 253 g/mol. The molecule has 0 fully saturated rings. The first kappa shape index (κ1) is 11.8. The topological polar surface area (TPSA) is 32.3 Å². The number of rotatable bonds is 6. The molecule has 4 heteroatoms. The average molecular weight is 253 g/mol. The summed E-state index contributed by atoms with van der Waals surface area (Å²) in [6, 6.07) is 6.47. The molecule has 86 valence electrons. The lowest BCUT2D eigenvalue weighted by atomic mass is 10.2. The Balaban J connectivity index is 1.88. The molecule has 0 amide bonds. The van der Waals surface area contributed by atoms with Gasteiger partial charge < -0.3 is 10.4 Å². The summed E-state index contributed by atoms with van der Waals surface area (Å²) >= 11 is 3.56. The number of thiophene rings is 2. The maximum Gasteiger partial charge on any atom is 0.0443 e. The zero-order valence-electron chi connectivity index (χ0n) is 8.98. The number of nitrogens with one attached hydrogen (secondary N) is 1. The van der Waals surface area contributed by atoms with Crippen LogP contribution >= 0.6 is 22.7 Å². The van der Waals surface area contributed by atoms with Gasteiger partial charge >= 0.3 is 0 Å². The largest absolute Gasteiger partial charge is 0.396 e. The Morgan fingerprint density at radius 1 is 1.31 bits per heavy atom. The van der Waals surface area contributed by atoms with Crippen molar-refractivity contribution in [2.75, 3.05) is 13.2 Å². The lowest BCUT2D eigenvalue weighted by Gasteiger charge is -1.99. The molecule has 0 bridgehead atoms. The summed E-state index contributed by atoms with van der Waals surface area (Å²) in [4.78, 5) is 2.68. The lowest BCUT2D eigenvalue weighted by Crippen LogP contribution is -2.14. The fraction of sp³-hybridized carbons (Fsp3) is 0.333. The van der Waals surface area contributed by atoms with E-state index in [1.165, 1.54) is 15.3 Å². The molecule has 0 aliphatic rings. The molecule has 2 nitrogen and oxygen atoms in total. The normalized spacial score (nSPS) is 10.8. The van der Waals surface area contributed by atoms with Crippen molar-refractivity contribution in [3.05, 3.63) is 33.8 Å². The summed E-state index contributed by atoms with van der Waals surface area (Å²) in [5, 5.41) is 16.3. The highest BCUT2D eigenvalue weighted by Crippen LogP contribution is 2.29. The van der Waals surface area contributed by atoms with Gasteiger partial charge in [-0.15, -0.1) is 22.7 Å². The van der Waals surface area contributed by atoms with E-state index >= 15 is 0 Å². The summed E-state index contributed by atoms with van der Waals surface area (Å²) in [6.45, 7) is 2.04. The number of aliphatic hydroxyl groups is 1. The van der Waals surface area contributed by atoms with Crippen molar-refractivity contribution in [3.63, 3.8) is 0 Å². The summed E-state index contributed by atoms with van der Waals surface area (Å²) in [6.07, 6.45) is 0.823. The van der Waals surface area contributed by atoms with E-state index in [1.54, 1.807) is 22.7 Å². The summed E-state index contributed by atoms with van der Waals surface area (Å²) in [5.41, 5.74) is 1.32. The van der Waals surface area contributed by atoms with Gasteiger partial charge in [0.2, 0.25) is 0 Å². The molecule has 16 heavy (non-hydrogen) atoms. The van der Waals surface area contributed by atoms with E-state index in [9.17, 15) is 0 Å². The second-order valence-electron chi connectivity index (χ2n) is 3.53. The molecule has 0 unspecified atom stereocenters. The third-order valence-corrected chi connectivity index (χ3v) is 4.13. The maximum atomic E-state index is 8.66. The van der Waals surface area contributed by atoms with Gasteiger partial charge in [0.05, 0.1) is 0 Å². The molecule has 0 aliphatic heterocycles. The molecule has 2 rings (SSSR count). The van der Waals surface area contributed by atoms with Crippen LogP contribution in [-0.2, 0) is 6.54 Å². The number of aliphatic hydroxyl groups excluding tert-OH is 1. The van der Waals surface area contributed by atoms with Crippen molar-refractivity contribution < 1.29 is 5.11 Å². The Bertz CT molecular complexity index is 408. The fourth-order valence-electron chi connectivity index (χ4n) is 1.46. The van der Waals surface area contributed by atoms with E-state index in [0.717, 1.165) is 19.5 Å². The quantitative estimate of drug-likeness (QED) is 0.776. The zero-order chi connectivity index (χ0) is 11.2. The van der Waals surface area contributed by atoms with Crippen LogP contribution in [0.15, 0.2) is 29.0 Å². The third-order valence-electron chi connectivity index (χ3n) is 2.27. The summed E-state index contributed by atoms with van der Waals surface area (Å²) in [7, 11) is 0. The van der Waals surface area contributed by atoms with Crippen molar-refractivity contribution in [1.29, 1.82) is 0 Å². The minimum Gasteiger partial charge on any atom is -0.396 e. The number of hydrogen-bond donors (Lipinski definition) is 2. The van der Waals surface area contributed by atoms with Crippen LogP contribution < -0.4 is 5.32 Å². The smallest absolute Gasteiger partial charge is 0.0443 e. The van der Waals surface area contributed by atoms with Crippen molar-refractivity contribution in [2.45, 2.75) is 13.0 Å². The first-order valence-corrected chi connectivity index (χ1v) is 7.09. The first-order valence-electron chi connectivity index (χ1n) is 5.33. The van der Waals surface area contributed by atoms with Crippen LogP contribution in [-0.4, -0.2) is 18.3 Å². The Labute approximate surface area is 104 Å². The van der Waals surface area contributed by atoms with Crippen LogP contribution in [0, 0.1) is 0 Å². The molecule has 2 N–H and O–H groups in total. The van der Waals surface area contributed by atoms with Crippen molar-refractivity contribution in [2.24, 2.45) is 0 Å². The van der Waals surface area contributed by atoms with Gasteiger partial charge in [-0.05, 0) is 35.9 Å². The average Bonchev–Trinajstić information content (AvgIpc) is 2.94. The summed E-state index contributed by atoms with van der Waals surface area (Å²) < 4.78 is 0. The first-order chi connectivity index (χ1) is 7.90. The molecule has 2 aromatic heterocycles. The van der Waals surface area contributed by atoms with Gasteiger partial charge in [-0.3, -0.25) is 0 Å². The van der Waals surface area contributed by atoms with Gasteiger partial charge in [0.1, 0.15) is 0 Å². The van der Waals surface area contributed by atoms with Gasteiger partial charge in [0.15, 0.2) is 0 Å². The Kier molecular flexibility index (Phi) is 4.54. The Morgan fingerprint density at radius 2 is 2.25 bits per heavy atom. The molecule has 2 aromatic rings. The predicted molar refractivity (Wildman–Crippen MR) is 71.0 cm³/mol. The molecule has 0 atom stereocenters. The van der Waals surface area contributed by atoms with Gasteiger partial charge in [-0.1, -0.05) is 6.07 Å². The van der Waals surface area contributed by atoms with Gasteiger partial charge in [-0.25, -0.2) is 0 Å². The van der Waals surface area contributed by atoms with E-state index in [2.05, 4.69) is 34.3 Å². The van der Waals surface area contributed by atoms with Crippen LogP contribution in [0.2, 0.25) is 0 Å². The minimum absolute atomic E-state index is 0.262. The standard InChI is InChI=1S/C12H15NOS2/c14-5-2-4-13-8-11-7-10(9-16-11)12-3-1-6-15-12/h1,3,6-7,9,13-14H,2,4-5,8H2. The Morgan fingerprint density at radius 3 is 3.00 bits per heavy atom. The second-order valence-corrected chi connectivity index (χ2v) is 5.48. The van der Waals surface area contributed by atoms with E-state index < -0.39 is 0 Å². The van der Waals surface area contributed by atoms with Crippen LogP contribution in [0.25, 0.3) is 10.4 Å². The SMILES string of the molecule is OCCCNCc1cc(-c2cccs2)cs1. The van der Waals surface area contributed by atoms with Gasteiger partial charge in [-0.2, -0.15) is 0 Å². The predicted octanol–water partition coefficient (Wildman–Crippen LogP) is 2.95. The lowest BCUT2D eigenvalue weighted by molar-refractivity contribution is 0.286. The molecule has 0 aromatic carbocycles. The molecule has 0 aliphatic carbocycles. The highest BCUT2D eigenvalue weighted by Gasteiger charge is 2.02. The van der Waals surface area contributed by atoms with Crippen molar-refractivity contribution in [3.8, 4) is 10.4 Å². The van der Waals surface area contributed by atoms with E-state index in [4.69, 9.17) is 5.11 Å². The highest BCUT2D eigenvalue weighted by molar-refractivity contribution is 7.14. The molecule has 0 saturated carbocycles. The zero-order valence-corrected chi connectivity index (χ0v) is 10.6. The molecule has 0 spiro atoms. The molecular weight excluding hydrogens is 238 g/mol. The van der Waals surface area contributed by atoms with E-state index in [1.807, 2.05) is 0 Å². The highest BCUT2D eigenvalue weighted by atomic mass is 32.1. The molecule has 0 radical (unpaired) electrons.